The average Bonchev–Trinajstić information content (AvgIpc) is 3.74. The smallest absolute Gasteiger partial charge is 0.309 e. The fourth-order valence-corrected chi connectivity index (χ4v) is 5.49. The van der Waals surface area contributed by atoms with Gasteiger partial charge in [0.1, 0.15) is 23.0 Å². The van der Waals surface area contributed by atoms with Crippen molar-refractivity contribution in [3.05, 3.63) is 82.0 Å². The molecule has 4 aromatic rings. The summed E-state index contributed by atoms with van der Waals surface area (Å²) in [7, 11) is 1.33. The summed E-state index contributed by atoms with van der Waals surface area (Å²) in [5.74, 6) is -0.862. The third-order valence-electron chi connectivity index (χ3n) is 7.58. The van der Waals surface area contributed by atoms with Crippen molar-refractivity contribution in [1.82, 2.24) is 45.3 Å². The largest absolute Gasteiger partial charge is 0.469 e. The van der Waals surface area contributed by atoms with Crippen molar-refractivity contribution in [3.63, 3.8) is 0 Å². The van der Waals surface area contributed by atoms with Gasteiger partial charge < -0.3 is 24.8 Å². The van der Waals surface area contributed by atoms with Crippen LogP contribution in [0, 0.1) is 0 Å². The van der Waals surface area contributed by atoms with E-state index in [1.807, 2.05) is 0 Å². The first kappa shape index (κ1) is 33.3. The number of ether oxygens (including phenoxy) is 1. The Morgan fingerprint density at radius 3 is 2.43 bits per heavy atom. The molecular weight excluding hydrogens is 649 g/mol. The van der Waals surface area contributed by atoms with Crippen molar-refractivity contribution in [2.24, 2.45) is 0 Å². The van der Waals surface area contributed by atoms with E-state index in [1.165, 1.54) is 31.1 Å². The molecule has 0 saturated carbocycles. The van der Waals surface area contributed by atoms with Gasteiger partial charge in [-0.15, -0.1) is 5.10 Å². The summed E-state index contributed by atoms with van der Waals surface area (Å²) in [5.41, 5.74) is 3.00. The van der Waals surface area contributed by atoms with Crippen molar-refractivity contribution in [1.29, 1.82) is 0 Å². The normalized spacial score (nSPS) is 13.9. The number of halogens is 2. The molecule has 1 saturated heterocycles. The SMILES string of the molecule is COC(=O)Cc1ccc(-c2nc([C@H](CC(=O)N3CCN(C(C)=O)CC3)NC(=O)C=Cc3cc(Cl)ccc3-n3cnnn3)[nH]c2Cl)cc1. The molecule has 244 valence electrons. The molecule has 1 aliphatic rings. The minimum absolute atomic E-state index is 0.0481. The van der Waals surface area contributed by atoms with Gasteiger partial charge in [0.15, 0.2) is 0 Å². The Labute approximate surface area is 279 Å². The lowest BCUT2D eigenvalue weighted by Gasteiger charge is -2.34. The standard InChI is InChI=1S/C31H31Cl2N9O5/c1-19(43)40-11-13-41(14-12-40)27(45)17-24(31-36-29(30(33)37-31)21-5-3-20(4-6-21)15-28(46)47-2)35-26(44)10-7-22-16-23(32)8-9-25(22)42-18-34-38-39-42/h3-10,16,18,24H,11-15,17H2,1-2H3,(H,35,44)(H,36,37)/t24-/m0/s1. The Balaban J connectivity index is 1.38. The number of carbonyl (C=O) groups is 4. The monoisotopic (exact) mass is 679 g/mol. The quantitative estimate of drug-likeness (QED) is 0.189. The lowest BCUT2D eigenvalue weighted by molar-refractivity contribution is -0.139. The van der Waals surface area contributed by atoms with E-state index in [1.54, 1.807) is 58.3 Å². The van der Waals surface area contributed by atoms with E-state index in [0.29, 0.717) is 53.7 Å². The number of methoxy groups -OCH3 is 1. The fourth-order valence-electron chi connectivity index (χ4n) is 5.06. The first-order valence-electron chi connectivity index (χ1n) is 14.6. The minimum atomic E-state index is -0.881. The molecule has 3 amide bonds. The van der Waals surface area contributed by atoms with Crippen LogP contribution in [-0.2, 0) is 30.3 Å². The third kappa shape index (κ3) is 8.40. The average molecular weight is 681 g/mol. The highest BCUT2D eigenvalue weighted by molar-refractivity contribution is 6.32. The molecule has 2 N–H and O–H groups in total. The van der Waals surface area contributed by atoms with E-state index in [-0.39, 0.29) is 41.6 Å². The summed E-state index contributed by atoms with van der Waals surface area (Å²) in [5, 5.41) is 14.8. The van der Waals surface area contributed by atoms with Crippen LogP contribution in [0.2, 0.25) is 10.2 Å². The first-order valence-corrected chi connectivity index (χ1v) is 15.3. The second-order valence-corrected chi connectivity index (χ2v) is 11.5. The van der Waals surface area contributed by atoms with Gasteiger partial charge in [0, 0.05) is 55.3 Å². The maximum absolute atomic E-state index is 13.4. The number of esters is 1. The first-order chi connectivity index (χ1) is 22.6. The Morgan fingerprint density at radius 1 is 1.04 bits per heavy atom. The van der Waals surface area contributed by atoms with E-state index < -0.39 is 11.9 Å². The number of carbonyl (C=O) groups excluding carboxylic acids is 4. The third-order valence-corrected chi connectivity index (χ3v) is 8.09. The van der Waals surface area contributed by atoms with E-state index in [4.69, 9.17) is 27.9 Å². The number of H-pyrrole nitrogens is 1. The minimum Gasteiger partial charge on any atom is -0.469 e. The second-order valence-electron chi connectivity index (χ2n) is 10.7. The maximum Gasteiger partial charge on any atom is 0.309 e. The molecule has 0 aliphatic carbocycles. The number of nitrogens with zero attached hydrogens (tertiary/aromatic N) is 7. The van der Waals surface area contributed by atoms with Crippen LogP contribution in [0.25, 0.3) is 23.0 Å². The van der Waals surface area contributed by atoms with Crippen LogP contribution in [-0.4, -0.2) is 97.0 Å². The fraction of sp³-hybridized carbons (Fsp3) is 0.290. The summed E-state index contributed by atoms with van der Waals surface area (Å²) < 4.78 is 6.17. The summed E-state index contributed by atoms with van der Waals surface area (Å²) in [6.45, 7) is 3.09. The van der Waals surface area contributed by atoms with Gasteiger partial charge in [-0.2, -0.15) is 4.68 Å². The zero-order valence-corrected chi connectivity index (χ0v) is 27.0. The van der Waals surface area contributed by atoms with Crippen LogP contribution in [0.15, 0.2) is 54.9 Å². The van der Waals surface area contributed by atoms with Crippen molar-refractivity contribution >= 4 is 53.0 Å². The molecule has 1 fully saturated rings. The summed E-state index contributed by atoms with van der Waals surface area (Å²) in [6.07, 6.45) is 4.30. The molecule has 3 heterocycles. The van der Waals surface area contributed by atoms with Crippen LogP contribution < -0.4 is 5.32 Å². The van der Waals surface area contributed by atoms with Crippen LogP contribution in [0.3, 0.4) is 0 Å². The number of tetrazole rings is 1. The van der Waals surface area contributed by atoms with Crippen LogP contribution in [0.1, 0.15) is 36.3 Å². The highest BCUT2D eigenvalue weighted by Crippen LogP contribution is 2.29. The molecule has 1 aliphatic heterocycles. The Hall–Kier alpha value is -5.08. The van der Waals surface area contributed by atoms with Crippen LogP contribution >= 0.6 is 23.2 Å². The van der Waals surface area contributed by atoms with Gasteiger partial charge in [-0.25, -0.2) is 4.98 Å². The molecule has 2 aromatic carbocycles. The van der Waals surface area contributed by atoms with Gasteiger partial charge in [0.2, 0.25) is 17.7 Å². The van der Waals surface area contributed by atoms with Crippen LogP contribution in [0.4, 0.5) is 0 Å². The number of rotatable bonds is 10. The molecule has 0 bridgehead atoms. The summed E-state index contributed by atoms with van der Waals surface area (Å²) in [4.78, 5) is 61.2. The van der Waals surface area contributed by atoms with Crippen LogP contribution in [0.5, 0.6) is 0 Å². The number of amides is 3. The molecule has 14 nitrogen and oxygen atoms in total. The number of benzene rings is 2. The van der Waals surface area contributed by atoms with Crippen molar-refractivity contribution in [2.45, 2.75) is 25.8 Å². The van der Waals surface area contributed by atoms with Gasteiger partial charge >= 0.3 is 5.97 Å². The van der Waals surface area contributed by atoms with E-state index in [2.05, 4.69) is 30.8 Å². The number of aromatic amines is 1. The molecule has 5 rings (SSSR count). The van der Waals surface area contributed by atoms with Crippen molar-refractivity contribution in [2.75, 3.05) is 33.3 Å². The number of hydrogen-bond donors (Lipinski definition) is 2. The topological polar surface area (TPSA) is 168 Å². The summed E-state index contributed by atoms with van der Waals surface area (Å²) >= 11 is 12.8. The van der Waals surface area contributed by atoms with Crippen molar-refractivity contribution in [3.8, 4) is 16.9 Å². The number of nitrogens with one attached hydrogen (secondary N) is 2. The summed E-state index contributed by atoms with van der Waals surface area (Å²) in [6, 6.07) is 11.3. The number of aromatic nitrogens is 6. The maximum atomic E-state index is 13.4. The highest BCUT2D eigenvalue weighted by atomic mass is 35.5. The second kappa shape index (κ2) is 15.0. The molecule has 47 heavy (non-hydrogen) atoms. The predicted octanol–water partition coefficient (Wildman–Crippen LogP) is 3.03. The molecule has 0 radical (unpaired) electrons. The highest BCUT2D eigenvalue weighted by Gasteiger charge is 2.28. The van der Waals surface area contributed by atoms with Gasteiger partial charge in [-0.3, -0.25) is 19.2 Å². The number of piperazine rings is 1. The number of hydrogen-bond acceptors (Lipinski definition) is 9. The Morgan fingerprint density at radius 2 is 1.77 bits per heavy atom. The lowest BCUT2D eigenvalue weighted by atomic mass is 10.1. The lowest BCUT2D eigenvalue weighted by Crippen LogP contribution is -2.50. The van der Waals surface area contributed by atoms with E-state index in [9.17, 15) is 19.2 Å². The molecule has 16 heteroatoms. The Bertz CT molecular complexity index is 1780. The predicted molar refractivity (Wildman–Crippen MR) is 172 cm³/mol. The van der Waals surface area contributed by atoms with Gasteiger partial charge in [0.05, 0.1) is 31.7 Å². The van der Waals surface area contributed by atoms with Gasteiger partial charge in [0.25, 0.3) is 0 Å². The Kier molecular flexibility index (Phi) is 10.6. The molecule has 1 atom stereocenters. The zero-order chi connectivity index (χ0) is 33.5. The van der Waals surface area contributed by atoms with Crippen molar-refractivity contribution < 1.29 is 23.9 Å². The number of imidazole rings is 1. The van der Waals surface area contributed by atoms with Gasteiger partial charge in [-0.1, -0.05) is 47.5 Å². The molecule has 0 unspecified atom stereocenters. The van der Waals surface area contributed by atoms with E-state index in [0.717, 1.165) is 5.56 Å². The molecular formula is C31H31Cl2N9O5. The van der Waals surface area contributed by atoms with E-state index >= 15 is 0 Å². The van der Waals surface area contributed by atoms with Gasteiger partial charge in [-0.05, 0) is 40.3 Å². The molecule has 2 aromatic heterocycles. The molecule has 0 spiro atoms. The zero-order valence-electron chi connectivity index (χ0n) is 25.5.